The average Bonchev–Trinajstić information content (AvgIpc) is 2.47. The topological polar surface area (TPSA) is 78.2 Å². The molecule has 7 heteroatoms. The molecule has 0 N–H and O–H groups in total. The smallest absolute Gasteiger partial charge is 0.244 e. The Bertz CT molecular complexity index is 667. The van der Waals surface area contributed by atoms with Crippen LogP contribution >= 0.6 is 11.6 Å². The van der Waals surface area contributed by atoms with E-state index >= 15 is 0 Å². The lowest BCUT2D eigenvalue weighted by Crippen LogP contribution is -2.40. The Morgan fingerprint density at radius 2 is 2.20 bits per heavy atom. The van der Waals surface area contributed by atoms with Gasteiger partial charge >= 0.3 is 0 Å². The molecule has 1 saturated heterocycles. The van der Waals surface area contributed by atoms with Crippen molar-refractivity contribution in [2.45, 2.75) is 17.7 Å². The monoisotopic (exact) mass is 312 g/mol. The highest BCUT2D eigenvalue weighted by Gasteiger charge is 2.31. The number of nitriles is 1. The van der Waals surface area contributed by atoms with Crippen LogP contribution in [0.3, 0.4) is 0 Å². The summed E-state index contributed by atoms with van der Waals surface area (Å²) in [4.78, 5) is 10.8. The first-order chi connectivity index (χ1) is 9.48. The fourth-order valence-corrected chi connectivity index (χ4v) is 4.25. The van der Waals surface area contributed by atoms with E-state index in [1.165, 1.54) is 22.5 Å². The van der Waals surface area contributed by atoms with Crippen LogP contribution in [0.2, 0.25) is 5.02 Å². The third-order valence-corrected chi connectivity index (χ3v) is 5.64. The Morgan fingerprint density at radius 3 is 2.85 bits per heavy atom. The molecule has 0 bridgehead atoms. The maximum atomic E-state index is 12.6. The van der Waals surface area contributed by atoms with Gasteiger partial charge in [0, 0.05) is 19.0 Å². The summed E-state index contributed by atoms with van der Waals surface area (Å²) < 4.78 is 26.4. The first-order valence-corrected chi connectivity index (χ1v) is 7.96. The molecule has 0 saturated carbocycles. The van der Waals surface area contributed by atoms with Crippen LogP contribution in [0.15, 0.2) is 23.1 Å². The molecule has 1 aliphatic rings. The third-order valence-electron chi connectivity index (χ3n) is 3.29. The van der Waals surface area contributed by atoms with Gasteiger partial charge in [0.2, 0.25) is 10.0 Å². The van der Waals surface area contributed by atoms with Gasteiger partial charge in [0.25, 0.3) is 0 Å². The van der Waals surface area contributed by atoms with Crippen molar-refractivity contribution in [1.29, 1.82) is 5.26 Å². The van der Waals surface area contributed by atoms with Gasteiger partial charge in [-0.15, -0.1) is 0 Å². The molecule has 1 atom stereocenters. The fraction of sp³-hybridized carbons (Fsp3) is 0.385. The van der Waals surface area contributed by atoms with Gasteiger partial charge in [-0.2, -0.15) is 9.57 Å². The Balaban J connectivity index is 2.40. The van der Waals surface area contributed by atoms with Crippen LogP contribution in [0.1, 0.15) is 18.4 Å². The second kappa shape index (κ2) is 5.92. The lowest BCUT2D eigenvalue weighted by Gasteiger charge is -2.29. The Labute approximate surface area is 122 Å². The highest BCUT2D eigenvalue weighted by molar-refractivity contribution is 7.89. The normalized spacial score (nSPS) is 20.3. The number of sulfonamides is 1. The molecule has 0 aliphatic carbocycles. The van der Waals surface area contributed by atoms with Gasteiger partial charge in [-0.3, -0.25) is 0 Å². The van der Waals surface area contributed by atoms with Crippen LogP contribution < -0.4 is 0 Å². The number of hydrogen-bond acceptors (Lipinski definition) is 4. The molecule has 5 nitrogen and oxygen atoms in total. The van der Waals surface area contributed by atoms with Gasteiger partial charge in [-0.1, -0.05) is 11.6 Å². The molecular formula is C13H13ClN2O3S. The number of rotatable bonds is 3. The third kappa shape index (κ3) is 2.85. The molecule has 1 aromatic carbocycles. The molecular weight excluding hydrogens is 300 g/mol. The van der Waals surface area contributed by atoms with E-state index in [4.69, 9.17) is 16.9 Å². The molecule has 0 radical (unpaired) electrons. The van der Waals surface area contributed by atoms with Crippen molar-refractivity contribution in [2.24, 2.45) is 5.92 Å². The van der Waals surface area contributed by atoms with Crippen molar-refractivity contribution in [3.05, 3.63) is 28.8 Å². The van der Waals surface area contributed by atoms with E-state index in [0.29, 0.717) is 19.4 Å². The first kappa shape index (κ1) is 15.0. The number of aldehydes is 1. The molecule has 2 rings (SSSR count). The van der Waals surface area contributed by atoms with Crippen molar-refractivity contribution in [3.8, 4) is 6.07 Å². The number of carbonyl (C=O) groups excluding carboxylic acids is 1. The van der Waals surface area contributed by atoms with Gasteiger partial charge in [0.05, 0.1) is 16.7 Å². The summed E-state index contributed by atoms with van der Waals surface area (Å²) in [6.45, 7) is 0.527. The second-order valence-corrected chi connectivity index (χ2v) is 6.97. The maximum absolute atomic E-state index is 12.6. The van der Waals surface area contributed by atoms with Crippen LogP contribution in [-0.4, -0.2) is 32.1 Å². The van der Waals surface area contributed by atoms with E-state index in [0.717, 1.165) is 6.29 Å². The highest BCUT2D eigenvalue weighted by atomic mass is 35.5. The summed E-state index contributed by atoms with van der Waals surface area (Å²) in [6, 6.07) is 6.02. The van der Waals surface area contributed by atoms with Crippen LogP contribution in [0.5, 0.6) is 0 Å². The van der Waals surface area contributed by atoms with Crippen molar-refractivity contribution in [3.63, 3.8) is 0 Å². The molecule has 1 fully saturated rings. The number of nitrogens with zero attached hydrogens (tertiary/aromatic N) is 2. The summed E-state index contributed by atoms with van der Waals surface area (Å²) in [6.07, 6.45) is 2.12. The van der Waals surface area contributed by atoms with Gasteiger partial charge in [-0.05, 0) is 31.0 Å². The number of halogens is 1. The minimum absolute atomic E-state index is 0.0789. The molecule has 1 unspecified atom stereocenters. The summed E-state index contributed by atoms with van der Waals surface area (Å²) in [5.74, 6) is -0.281. The van der Waals surface area contributed by atoms with E-state index in [9.17, 15) is 13.2 Å². The summed E-state index contributed by atoms with van der Waals surface area (Å²) in [7, 11) is -3.78. The lowest BCUT2D eigenvalue weighted by molar-refractivity contribution is -0.112. The van der Waals surface area contributed by atoms with E-state index in [1.54, 1.807) is 0 Å². The number of carbonyl (C=O) groups is 1. The summed E-state index contributed by atoms with van der Waals surface area (Å²) in [5.41, 5.74) is 0.233. The molecule has 0 spiro atoms. The minimum atomic E-state index is -3.78. The van der Waals surface area contributed by atoms with Crippen LogP contribution in [0, 0.1) is 17.2 Å². The van der Waals surface area contributed by atoms with Crippen molar-refractivity contribution in [2.75, 3.05) is 13.1 Å². The SMILES string of the molecule is N#Cc1ccc(Cl)c(S(=O)(=O)N2CCCC(C=O)C2)c1. The molecule has 1 heterocycles. The molecule has 20 heavy (non-hydrogen) atoms. The molecule has 106 valence electrons. The highest BCUT2D eigenvalue weighted by Crippen LogP contribution is 2.28. The van der Waals surface area contributed by atoms with Crippen LogP contribution in [-0.2, 0) is 14.8 Å². The van der Waals surface area contributed by atoms with Crippen LogP contribution in [0.25, 0.3) is 0 Å². The zero-order valence-electron chi connectivity index (χ0n) is 10.6. The number of hydrogen-bond donors (Lipinski definition) is 0. The van der Waals surface area contributed by atoms with E-state index in [2.05, 4.69) is 0 Å². The maximum Gasteiger partial charge on any atom is 0.244 e. The molecule has 1 aliphatic heterocycles. The van der Waals surface area contributed by atoms with E-state index in [1.807, 2.05) is 6.07 Å². The lowest BCUT2D eigenvalue weighted by atomic mass is 10.0. The average molecular weight is 313 g/mol. The zero-order valence-corrected chi connectivity index (χ0v) is 12.2. The molecule has 0 amide bonds. The van der Waals surface area contributed by atoms with Gasteiger partial charge in [-0.25, -0.2) is 8.42 Å². The minimum Gasteiger partial charge on any atom is -0.303 e. The predicted octanol–water partition coefficient (Wildman–Crippen LogP) is 1.81. The predicted molar refractivity (Wildman–Crippen MR) is 73.7 cm³/mol. The fourth-order valence-electron chi connectivity index (χ4n) is 2.21. The van der Waals surface area contributed by atoms with Gasteiger partial charge in [0.1, 0.15) is 11.2 Å². The van der Waals surface area contributed by atoms with E-state index < -0.39 is 10.0 Å². The number of benzene rings is 1. The van der Waals surface area contributed by atoms with Gasteiger partial charge in [0.15, 0.2) is 0 Å². The molecule has 1 aromatic rings. The number of piperidine rings is 1. The largest absolute Gasteiger partial charge is 0.303 e. The van der Waals surface area contributed by atoms with Crippen LogP contribution in [0.4, 0.5) is 0 Å². The Hall–Kier alpha value is -1.42. The Morgan fingerprint density at radius 1 is 1.45 bits per heavy atom. The quantitative estimate of drug-likeness (QED) is 0.797. The standard InChI is InChI=1S/C13H13ClN2O3S/c14-12-4-3-10(7-15)6-13(12)20(18,19)16-5-1-2-11(8-16)9-17/h3-4,6,9,11H,1-2,5,8H2. The zero-order chi connectivity index (χ0) is 14.8. The Kier molecular flexibility index (Phi) is 4.43. The van der Waals surface area contributed by atoms with Crippen molar-refractivity contribution < 1.29 is 13.2 Å². The van der Waals surface area contributed by atoms with Crippen molar-refractivity contribution in [1.82, 2.24) is 4.31 Å². The summed E-state index contributed by atoms with van der Waals surface area (Å²) in [5, 5.41) is 8.94. The molecule has 0 aromatic heterocycles. The van der Waals surface area contributed by atoms with E-state index in [-0.39, 0.29) is 27.9 Å². The first-order valence-electron chi connectivity index (χ1n) is 6.14. The van der Waals surface area contributed by atoms with Crippen molar-refractivity contribution >= 4 is 27.9 Å². The van der Waals surface area contributed by atoms with Gasteiger partial charge < -0.3 is 4.79 Å². The summed E-state index contributed by atoms with van der Waals surface area (Å²) >= 11 is 5.94. The second-order valence-electron chi connectivity index (χ2n) is 4.66.